The van der Waals surface area contributed by atoms with Crippen LogP contribution in [0.3, 0.4) is 0 Å². The summed E-state index contributed by atoms with van der Waals surface area (Å²) in [6, 6.07) is 14.9. The van der Waals surface area contributed by atoms with Crippen LogP contribution < -0.4 is 15.4 Å². The average molecular weight is 326 g/mol. The van der Waals surface area contributed by atoms with Gasteiger partial charge in [0.05, 0.1) is 13.7 Å². The maximum Gasteiger partial charge on any atom is 0.247 e. The Kier molecular flexibility index (Phi) is 5.01. The lowest BCUT2D eigenvalue weighted by atomic mass is 10.1. The first kappa shape index (κ1) is 16.3. The topological polar surface area (TPSA) is 70.6 Å². The number of methoxy groups -OCH3 is 1. The van der Waals surface area contributed by atoms with E-state index in [9.17, 15) is 9.90 Å². The van der Waals surface area contributed by atoms with Gasteiger partial charge < -0.3 is 20.5 Å². The van der Waals surface area contributed by atoms with Crippen molar-refractivity contribution in [3.63, 3.8) is 0 Å². The summed E-state index contributed by atoms with van der Waals surface area (Å²) in [6.45, 7) is -0.122. The molecule has 3 N–H and O–H groups in total. The minimum atomic E-state index is -0.480. The standard InChI is InChI=1S/C19H22N2O3/c1-24-17-10-9-16(11-14(17)12-22)20-18(13-5-3-2-4-6-13)19(23)21-15-7-8-15/h2-6,9-11,15,18,20,22H,7-8,12H2,1H3,(H,21,23)/t18-/m0/s1. The van der Waals surface area contributed by atoms with Gasteiger partial charge in [0.15, 0.2) is 0 Å². The number of carbonyl (C=O) groups excluding carboxylic acids is 1. The van der Waals surface area contributed by atoms with Crippen LogP contribution in [0.1, 0.15) is 30.0 Å². The van der Waals surface area contributed by atoms with E-state index in [1.165, 1.54) is 0 Å². The number of amides is 1. The number of hydrogen-bond donors (Lipinski definition) is 3. The summed E-state index contributed by atoms with van der Waals surface area (Å²) in [5.74, 6) is 0.590. The second kappa shape index (κ2) is 7.36. The van der Waals surface area contributed by atoms with Crippen molar-refractivity contribution in [2.24, 2.45) is 0 Å². The van der Waals surface area contributed by atoms with Gasteiger partial charge in [0.25, 0.3) is 0 Å². The number of nitrogens with one attached hydrogen (secondary N) is 2. The van der Waals surface area contributed by atoms with Gasteiger partial charge in [0.1, 0.15) is 11.8 Å². The van der Waals surface area contributed by atoms with Crippen molar-refractivity contribution in [1.82, 2.24) is 5.32 Å². The molecule has 1 amide bonds. The molecule has 0 aromatic heterocycles. The molecule has 2 aromatic rings. The minimum Gasteiger partial charge on any atom is -0.496 e. The van der Waals surface area contributed by atoms with E-state index in [1.54, 1.807) is 19.2 Å². The van der Waals surface area contributed by atoms with Gasteiger partial charge in [-0.05, 0) is 36.6 Å². The summed E-state index contributed by atoms with van der Waals surface area (Å²) in [6.07, 6.45) is 2.09. The second-order valence-electron chi connectivity index (χ2n) is 5.96. The van der Waals surface area contributed by atoms with Crippen LogP contribution in [0, 0.1) is 0 Å². The number of carbonyl (C=O) groups is 1. The first-order valence-corrected chi connectivity index (χ1v) is 8.11. The van der Waals surface area contributed by atoms with Gasteiger partial charge in [-0.1, -0.05) is 30.3 Å². The number of anilines is 1. The smallest absolute Gasteiger partial charge is 0.247 e. The lowest BCUT2D eigenvalue weighted by molar-refractivity contribution is -0.122. The SMILES string of the molecule is COc1ccc(N[C@H](C(=O)NC2CC2)c2ccccc2)cc1CO. The van der Waals surface area contributed by atoms with Crippen LogP contribution in [0.5, 0.6) is 5.75 Å². The summed E-state index contributed by atoms with van der Waals surface area (Å²) < 4.78 is 5.22. The minimum absolute atomic E-state index is 0.0370. The van der Waals surface area contributed by atoms with E-state index >= 15 is 0 Å². The van der Waals surface area contributed by atoms with Crippen molar-refractivity contribution in [3.8, 4) is 5.75 Å². The molecule has 0 saturated heterocycles. The van der Waals surface area contributed by atoms with E-state index in [-0.39, 0.29) is 12.5 Å². The predicted molar refractivity (Wildman–Crippen MR) is 92.9 cm³/mol. The Bertz CT molecular complexity index is 699. The highest BCUT2D eigenvalue weighted by Gasteiger charge is 2.28. The third-order valence-electron chi connectivity index (χ3n) is 4.08. The van der Waals surface area contributed by atoms with E-state index in [2.05, 4.69) is 10.6 Å². The maximum atomic E-state index is 12.6. The number of aliphatic hydroxyl groups is 1. The van der Waals surface area contributed by atoms with Crippen LogP contribution in [0.2, 0.25) is 0 Å². The zero-order chi connectivity index (χ0) is 16.9. The zero-order valence-electron chi connectivity index (χ0n) is 13.7. The molecule has 1 atom stereocenters. The van der Waals surface area contributed by atoms with Crippen molar-refractivity contribution < 1.29 is 14.6 Å². The third kappa shape index (κ3) is 3.86. The molecule has 2 aromatic carbocycles. The number of hydrogen-bond acceptors (Lipinski definition) is 4. The second-order valence-corrected chi connectivity index (χ2v) is 5.96. The Hall–Kier alpha value is -2.53. The monoisotopic (exact) mass is 326 g/mol. The van der Waals surface area contributed by atoms with E-state index < -0.39 is 6.04 Å². The quantitative estimate of drug-likeness (QED) is 0.731. The van der Waals surface area contributed by atoms with Crippen LogP contribution in [-0.2, 0) is 11.4 Å². The lowest BCUT2D eigenvalue weighted by Crippen LogP contribution is -2.34. The Balaban J connectivity index is 1.84. The molecule has 5 heteroatoms. The summed E-state index contributed by atoms with van der Waals surface area (Å²) in [4.78, 5) is 12.6. The number of ether oxygens (including phenoxy) is 1. The van der Waals surface area contributed by atoms with E-state index in [0.717, 1.165) is 24.1 Å². The summed E-state index contributed by atoms with van der Waals surface area (Å²) in [5.41, 5.74) is 2.34. The van der Waals surface area contributed by atoms with Gasteiger partial charge in [0.2, 0.25) is 5.91 Å². The Morgan fingerprint density at radius 1 is 1.25 bits per heavy atom. The Morgan fingerprint density at radius 2 is 2.00 bits per heavy atom. The fourth-order valence-electron chi connectivity index (χ4n) is 2.62. The van der Waals surface area contributed by atoms with Crippen LogP contribution in [-0.4, -0.2) is 24.2 Å². The molecule has 0 radical (unpaired) electrons. The molecule has 0 unspecified atom stereocenters. The van der Waals surface area contributed by atoms with Crippen LogP contribution >= 0.6 is 0 Å². The van der Waals surface area contributed by atoms with Crippen molar-refractivity contribution in [1.29, 1.82) is 0 Å². The van der Waals surface area contributed by atoms with Crippen molar-refractivity contribution >= 4 is 11.6 Å². The zero-order valence-corrected chi connectivity index (χ0v) is 13.7. The number of rotatable bonds is 7. The molecule has 0 heterocycles. The first-order chi connectivity index (χ1) is 11.7. The number of benzene rings is 2. The fraction of sp³-hybridized carbons (Fsp3) is 0.316. The summed E-state index contributed by atoms with van der Waals surface area (Å²) >= 11 is 0. The highest BCUT2D eigenvalue weighted by Crippen LogP contribution is 2.27. The lowest BCUT2D eigenvalue weighted by Gasteiger charge is -2.21. The molecular weight excluding hydrogens is 304 g/mol. The Labute approximate surface area is 141 Å². The maximum absolute atomic E-state index is 12.6. The molecule has 0 spiro atoms. The molecule has 1 aliphatic rings. The fourth-order valence-corrected chi connectivity index (χ4v) is 2.62. The highest BCUT2D eigenvalue weighted by molar-refractivity contribution is 5.86. The van der Waals surface area contributed by atoms with Crippen LogP contribution in [0.25, 0.3) is 0 Å². The van der Waals surface area contributed by atoms with Crippen molar-refractivity contribution in [3.05, 3.63) is 59.7 Å². The van der Waals surface area contributed by atoms with Crippen molar-refractivity contribution in [2.75, 3.05) is 12.4 Å². The highest BCUT2D eigenvalue weighted by atomic mass is 16.5. The summed E-state index contributed by atoms with van der Waals surface area (Å²) in [7, 11) is 1.57. The van der Waals surface area contributed by atoms with Crippen molar-refractivity contribution in [2.45, 2.75) is 31.5 Å². The first-order valence-electron chi connectivity index (χ1n) is 8.11. The van der Waals surface area contributed by atoms with Gasteiger partial charge in [0, 0.05) is 17.3 Å². The average Bonchev–Trinajstić information content (AvgIpc) is 3.44. The molecule has 3 rings (SSSR count). The molecule has 24 heavy (non-hydrogen) atoms. The molecular formula is C19H22N2O3. The van der Waals surface area contributed by atoms with Crippen LogP contribution in [0.15, 0.2) is 48.5 Å². The number of aliphatic hydroxyl groups excluding tert-OH is 1. The third-order valence-corrected chi connectivity index (χ3v) is 4.08. The van der Waals surface area contributed by atoms with Gasteiger partial charge in [-0.25, -0.2) is 0 Å². The van der Waals surface area contributed by atoms with E-state index in [1.807, 2.05) is 36.4 Å². The summed E-state index contributed by atoms with van der Waals surface area (Å²) in [5, 5.41) is 15.8. The molecule has 1 aliphatic carbocycles. The normalized spacial score (nSPS) is 14.8. The van der Waals surface area contributed by atoms with Gasteiger partial charge in [-0.15, -0.1) is 0 Å². The van der Waals surface area contributed by atoms with Gasteiger partial charge in [-0.2, -0.15) is 0 Å². The van der Waals surface area contributed by atoms with Gasteiger partial charge in [-0.3, -0.25) is 4.79 Å². The molecule has 0 aliphatic heterocycles. The molecule has 5 nitrogen and oxygen atoms in total. The van der Waals surface area contributed by atoms with Gasteiger partial charge >= 0.3 is 0 Å². The Morgan fingerprint density at radius 3 is 2.62 bits per heavy atom. The molecule has 126 valence electrons. The van der Waals surface area contributed by atoms with Crippen LogP contribution in [0.4, 0.5) is 5.69 Å². The largest absolute Gasteiger partial charge is 0.496 e. The van der Waals surface area contributed by atoms with E-state index in [0.29, 0.717) is 17.4 Å². The predicted octanol–water partition coefficient (Wildman–Crippen LogP) is 2.62. The van der Waals surface area contributed by atoms with E-state index in [4.69, 9.17) is 4.74 Å². The molecule has 0 bridgehead atoms. The molecule has 1 fully saturated rings. The molecule has 1 saturated carbocycles.